The Bertz CT molecular complexity index is 890. The Morgan fingerprint density at radius 2 is 1.93 bits per heavy atom. The van der Waals surface area contributed by atoms with Gasteiger partial charge in [0.15, 0.2) is 5.78 Å². The maximum atomic E-state index is 13.0. The van der Waals surface area contributed by atoms with E-state index in [2.05, 4.69) is 10.6 Å². The first kappa shape index (κ1) is 12.9. The highest BCUT2D eigenvalue weighted by Gasteiger charge is 2.26. The van der Waals surface area contributed by atoms with Gasteiger partial charge < -0.3 is 27.2 Å². The van der Waals surface area contributed by atoms with Gasteiger partial charge in [-0.25, -0.2) is 4.79 Å². The number of amides is 3. The number of hydrogen-bond acceptors (Lipinski definition) is 5. The molecule has 1 rings (SSSR count). The molecule has 0 radical (unpaired) electrons. The van der Waals surface area contributed by atoms with Crippen LogP contribution in [0, 0.1) is 11.8 Å². The van der Waals surface area contributed by atoms with Gasteiger partial charge in [-0.3, -0.25) is 9.59 Å². The maximum absolute atomic E-state index is 13.0. The summed E-state index contributed by atoms with van der Waals surface area (Å²) in [4.78, 5) is 36.7. The summed E-state index contributed by atoms with van der Waals surface area (Å²) < 4.78 is 61.3. The second-order valence-corrected chi connectivity index (χ2v) is 5.89. The number of Topliss-reactive ketones (excluding diaryl/α,β-unsaturated/α-hetero) is 1. The largest absolute Gasteiger partial charge is 0.392 e. The Morgan fingerprint density at radius 1 is 1.26 bits per heavy atom. The van der Waals surface area contributed by atoms with Gasteiger partial charge in [-0.15, -0.1) is 0 Å². The molecular formula is C19H30N4O4. The first-order valence-corrected chi connectivity index (χ1v) is 8.24. The number of rotatable bonds is 11. The van der Waals surface area contributed by atoms with Gasteiger partial charge >= 0.3 is 6.03 Å². The lowest BCUT2D eigenvalue weighted by molar-refractivity contribution is -0.127. The summed E-state index contributed by atoms with van der Waals surface area (Å²) in [5.41, 5.74) is 11.5. The number of nitrogens with one attached hydrogen (secondary N) is 2. The number of aliphatic hydroxyl groups excluding tert-OH is 1. The zero-order valence-electron chi connectivity index (χ0n) is 22.7. The molecule has 8 nitrogen and oxygen atoms in total. The van der Waals surface area contributed by atoms with E-state index in [0.717, 1.165) is 0 Å². The van der Waals surface area contributed by atoms with E-state index >= 15 is 0 Å². The fourth-order valence-electron chi connectivity index (χ4n) is 2.30. The molecule has 1 aromatic rings. The zero-order valence-corrected chi connectivity index (χ0v) is 14.7. The van der Waals surface area contributed by atoms with Crippen molar-refractivity contribution in [2.45, 2.75) is 45.6 Å². The standard InChI is InChI=1S/C19H30N4O4/c1-12(2)17(20)16(25)10-14(4-3-9-22-19(21)27)18(26)23-15-7-5-13(11-24)6-8-15/h5-8,12,14,17,24H,3-4,9-11,20H2,1-2H3,(H,23,26)(H3,21,22,27)/t14-,17-/m1/s1/i1D3,2D3,12D,17D. The van der Waals surface area contributed by atoms with Gasteiger partial charge in [-0.2, -0.15) is 0 Å². The predicted octanol–water partition coefficient (Wildman–Crippen LogP) is 1.12. The van der Waals surface area contributed by atoms with E-state index in [4.69, 9.17) is 27.5 Å². The Hall–Kier alpha value is -2.45. The highest BCUT2D eigenvalue weighted by atomic mass is 16.3. The highest BCUT2D eigenvalue weighted by Crippen LogP contribution is 2.18. The van der Waals surface area contributed by atoms with E-state index in [-0.39, 0.29) is 26.0 Å². The molecule has 0 saturated heterocycles. The quantitative estimate of drug-likeness (QED) is 0.362. The van der Waals surface area contributed by atoms with Crippen LogP contribution in [0.25, 0.3) is 0 Å². The fourth-order valence-corrected chi connectivity index (χ4v) is 2.30. The molecule has 2 atom stereocenters. The summed E-state index contributed by atoms with van der Waals surface area (Å²) in [6.07, 6.45) is -0.725. The van der Waals surface area contributed by atoms with Crippen LogP contribution in [0.3, 0.4) is 0 Å². The molecule has 1 aromatic carbocycles. The van der Waals surface area contributed by atoms with E-state index in [0.29, 0.717) is 11.3 Å². The number of ketones is 1. The van der Waals surface area contributed by atoms with E-state index in [1.54, 1.807) is 12.1 Å². The zero-order chi connectivity index (χ0) is 27.2. The van der Waals surface area contributed by atoms with Gasteiger partial charge in [0.05, 0.1) is 14.0 Å². The molecular weight excluding hydrogens is 348 g/mol. The van der Waals surface area contributed by atoms with Crippen LogP contribution in [0.2, 0.25) is 0 Å². The third-order valence-electron chi connectivity index (χ3n) is 3.80. The van der Waals surface area contributed by atoms with E-state index in [9.17, 15) is 14.4 Å². The predicted molar refractivity (Wildman–Crippen MR) is 104 cm³/mol. The topological polar surface area (TPSA) is 148 Å². The molecule has 0 bridgehead atoms. The van der Waals surface area contributed by atoms with Crippen LogP contribution >= 0.6 is 0 Å². The number of aliphatic hydroxyl groups is 1. The summed E-state index contributed by atoms with van der Waals surface area (Å²) in [7, 11) is 0. The monoisotopic (exact) mass is 386 g/mol. The van der Waals surface area contributed by atoms with E-state index in [1.165, 1.54) is 12.1 Å². The Kier molecular flexibility index (Phi) is 5.38. The lowest BCUT2D eigenvalue weighted by Crippen LogP contribution is -2.38. The van der Waals surface area contributed by atoms with Crippen molar-refractivity contribution in [1.29, 1.82) is 0 Å². The van der Waals surface area contributed by atoms with Gasteiger partial charge in [-0.1, -0.05) is 25.8 Å². The molecule has 0 aliphatic carbocycles. The summed E-state index contributed by atoms with van der Waals surface area (Å²) in [6, 6.07) is 1.85. The molecule has 0 heterocycles. The van der Waals surface area contributed by atoms with Gasteiger partial charge in [0.25, 0.3) is 0 Å². The van der Waals surface area contributed by atoms with Crippen LogP contribution in [-0.4, -0.2) is 35.4 Å². The molecule has 150 valence electrons. The molecule has 7 N–H and O–H groups in total. The SMILES string of the molecule is [2H]C([2H])([2H])C([2H])(C([2H])([2H])[2H])[C@@]([2H])(N)C(=O)C[C@@H](CCCNC(N)=O)C(=O)Nc1ccc(CO)cc1. The summed E-state index contributed by atoms with van der Waals surface area (Å²) >= 11 is 0. The van der Waals surface area contributed by atoms with Gasteiger partial charge in [-0.05, 0) is 36.4 Å². The number of urea groups is 1. The van der Waals surface area contributed by atoms with Crippen molar-refractivity contribution in [3.05, 3.63) is 29.8 Å². The number of primary amides is 1. The van der Waals surface area contributed by atoms with Crippen LogP contribution in [0.1, 0.15) is 49.5 Å². The van der Waals surface area contributed by atoms with Crippen LogP contribution in [-0.2, 0) is 16.2 Å². The summed E-state index contributed by atoms with van der Waals surface area (Å²) in [5, 5.41) is 14.0. The average Bonchev–Trinajstić information content (AvgIpc) is 2.73. The van der Waals surface area contributed by atoms with Gasteiger partial charge in [0.1, 0.15) is 0 Å². The van der Waals surface area contributed by atoms with Crippen molar-refractivity contribution in [2.75, 3.05) is 11.9 Å². The van der Waals surface area contributed by atoms with Crippen molar-refractivity contribution in [1.82, 2.24) is 5.32 Å². The van der Waals surface area contributed by atoms with Crippen LogP contribution in [0.5, 0.6) is 0 Å². The molecule has 0 unspecified atom stereocenters. The molecule has 0 aliphatic heterocycles. The number of benzene rings is 1. The van der Waals surface area contributed by atoms with Crippen molar-refractivity contribution in [3.63, 3.8) is 0 Å². The molecule has 0 saturated carbocycles. The lowest BCUT2D eigenvalue weighted by Gasteiger charge is -2.20. The minimum Gasteiger partial charge on any atom is -0.392 e. The molecule has 3 amide bonds. The highest BCUT2D eigenvalue weighted by molar-refractivity contribution is 5.96. The van der Waals surface area contributed by atoms with Crippen LogP contribution in [0.4, 0.5) is 10.5 Å². The van der Waals surface area contributed by atoms with E-state index < -0.39 is 55.7 Å². The second kappa shape index (κ2) is 11.3. The number of anilines is 1. The third kappa shape index (κ3) is 8.19. The smallest absolute Gasteiger partial charge is 0.312 e. The Balaban J connectivity index is 3.20. The number of hydrogen-bond donors (Lipinski definition) is 5. The van der Waals surface area contributed by atoms with Crippen molar-refractivity contribution in [3.8, 4) is 0 Å². The molecule has 0 spiro atoms. The van der Waals surface area contributed by atoms with Crippen LogP contribution in [0.15, 0.2) is 24.3 Å². The van der Waals surface area contributed by atoms with Crippen LogP contribution < -0.4 is 22.1 Å². The third-order valence-corrected chi connectivity index (χ3v) is 3.80. The van der Waals surface area contributed by atoms with Crippen molar-refractivity contribution in [2.24, 2.45) is 23.3 Å². The van der Waals surface area contributed by atoms with Gasteiger partial charge in [0.2, 0.25) is 5.91 Å². The molecule has 0 aliphatic rings. The minimum absolute atomic E-state index is 0.0417. The normalized spacial score (nSPS) is 19.9. The summed E-state index contributed by atoms with van der Waals surface area (Å²) in [6.45, 7) is -7.42. The molecule has 8 heteroatoms. The maximum Gasteiger partial charge on any atom is 0.312 e. The first-order chi connectivity index (χ1) is 15.9. The lowest BCUT2D eigenvalue weighted by atomic mass is 9.90. The number of carbonyl (C=O) groups is 3. The Labute approximate surface area is 170 Å². The van der Waals surface area contributed by atoms with Crippen molar-refractivity contribution >= 4 is 23.4 Å². The fraction of sp³-hybridized carbons (Fsp3) is 0.526. The molecule has 27 heavy (non-hydrogen) atoms. The first-order valence-electron chi connectivity index (χ1n) is 12.2. The van der Waals surface area contributed by atoms with Gasteiger partial charge in [0, 0.05) is 34.2 Å². The summed E-state index contributed by atoms with van der Waals surface area (Å²) in [5.74, 6) is -7.01. The molecule has 0 aromatic heterocycles. The average molecular weight is 387 g/mol. The number of nitrogens with two attached hydrogens (primary N) is 2. The second-order valence-electron chi connectivity index (χ2n) is 5.89. The van der Waals surface area contributed by atoms with Crippen molar-refractivity contribution < 1.29 is 30.5 Å². The minimum atomic E-state index is -3.67. The molecule has 0 fully saturated rings. The van der Waals surface area contributed by atoms with E-state index in [1.807, 2.05) is 0 Å². The number of carbonyl (C=O) groups excluding carboxylic acids is 3. The Morgan fingerprint density at radius 3 is 2.48 bits per heavy atom.